The van der Waals surface area contributed by atoms with Crippen LogP contribution in [0.3, 0.4) is 0 Å². The van der Waals surface area contributed by atoms with Crippen LogP contribution < -0.4 is 4.74 Å². The fourth-order valence-electron chi connectivity index (χ4n) is 4.79. The van der Waals surface area contributed by atoms with Crippen LogP contribution in [0.2, 0.25) is 0 Å². The van der Waals surface area contributed by atoms with Gasteiger partial charge in [-0.3, -0.25) is 4.79 Å². The van der Waals surface area contributed by atoms with Gasteiger partial charge < -0.3 is 18.8 Å². The first kappa shape index (κ1) is 29.5. The van der Waals surface area contributed by atoms with Gasteiger partial charge in [-0.2, -0.15) is 17.6 Å². The van der Waals surface area contributed by atoms with Crippen molar-refractivity contribution >= 4 is 112 Å². The Labute approximate surface area is 256 Å². The molecule has 200 valence electrons. The average Bonchev–Trinajstić information content (AvgIpc) is 3.32. The number of alkyl halides is 4. The lowest BCUT2D eigenvalue weighted by Gasteiger charge is -2.42. The zero-order valence-electron chi connectivity index (χ0n) is 17.5. The number of ether oxygens (including phenoxy) is 3. The molecule has 1 heterocycles. The second-order valence-electron chi connectivity index (χ2n) is 8.60. The second kappa shape index (κ2) is 9.85. The smallest absolute Gasteiger partial charge is 0.396 e. The third-order valence-electron chi connectivity index (χ3n) is 6.53. The minimum atomic E-state index is -6.62. The molecule has 0 radical (unpaired) electrons. The van der Waals surface area contributed by atoms with Crippen molar-refractivity contribution in [2.45, 2.75) is 42.6 Å². The summed E-state index contributed by atoms with van der Waals surface area (Å²) in [4.78, 5) is 25.5. The predicted octanol–water partition coefficient (Wildman–Crippen LogP) is 5.10. The molecule has 2 fully saturated rings. The lowest BCUT2D eigenvalue weighted by atomic mass is 9.84. The third kappa shape index (κ3) is 4.73. The summed E-state index contributed by atoms with van der Waals surface area (Å²) in [5, 5.41) is -5.84. The highest BCUT2D eigenvalue weighted by atomic mass is 127. The lowest BCUT2D eigenvalue weighted by Crippen LogP contribution is -2.51. The Balaban J connectivity index is 1.43. The van der Waals surface area contributed by atoms with Crippen LogP contribution in [0.4, 0.5) is 17.6 Å². The summed E-state index contributed by atoms with van der Waals surface area (Å²) in [6, 6.07) is 0. The summed E-state index contributed by atoms with van der Waals surface area (Å²) < 4.78 is 105. The zero-order chi connectivity index (χ0) is 27.0. The molecular formula is C19H13F4I4O8S-. The predicted molar refractivity (Wildman–Crippen MR) is 146 cm³/mol. The van der Waals surface area contributed by atoms with Crippen LogP contribution in [0.15, 0.2) is 0 Å². The van der Waals surface area contributed by atoms with Gasteiger partial charge >= 0.3 is 23.1 Å². The number of carbonyl (C=O) groups is 2. The monoisotopic (exact) mass is 985 g/mol. The molecule has 2 bridgehead atoms. The molecule has 0 amide bonds. The van der Waals surface area contributed by atoms with E-state index in [1.807, 2.05) is 0 Å². The highest BCUT2D eigenvalue weighted by molar-refractivity contribution is 14.1. The van der Waals surface area contributed by atoms with Crippen LogP contribution in [-0.4, -0.2) is 48.5 Å². The summed E-state index contributed by atoms with van der Waals surface area (Å²) in [6.07, 6.45) is -1.10. The Hall–Kier alpha value is 0.510. The van der Waals surface area contributed by atoms with E-state index in [1.165, 1.54) is 0 Å². The van der Waals surface area contributed by atoms with E-state index in [0.717, 1.165) is 10.7 Å². The van der Waals surface area contributed by atoms with Crippen molar-refractivity contribution in [2.75, 3.05) is 6.61 Å². The zero-order valence-corrected chi connectivity index (χ0v) is 26.9. The topological polar surface area (TPSA) is 119 Å². The molecular weight excluding hydrogens is 972 g/mol. The third-order valence-corrected chi connectivity index (χ3v) is 14.8. The Morgan fingerprint density at radius 2 is 1.67 bits per heavy atom. The Morgan fingerprint density at radius 1 is 1.06 bits per heavy atom. The summed E-state index contributed by atoms with van der Waals surface area (Å²) in [5.74, 6) is -9.09. The van der Waals surface area contributed by atoms with Crippen LogP contribution in [0.1, 0.15) is 36.0 Å². The number of halogens is 8. The van der Waals surface area contributed by atoms with Gasteiger partial charge in [0.05, 0.1) is 22.5 Å². The SMILES string of the molecule is O=C1OC2(CC3CC2CC3C(=O)OCCC(F)(F)C(F)(F)S(=O)(=O)[O-])Oc2c(I)c(I)c(I)c(I)c21. The van der Waals surface area contributed by atoms with Gasteiger partial charge in [-0.15, -0.1) is 0 Å². The maximum atomic E-state index is 13.6. The quantitative estimate of drug-likeness (QED) is 0.0966. The molecule has 1 aliphatic heterocycles. The van der Waals surface area contributed by atoms with E-state index in [4.69, 9.17) is 14.2 Å². The second-order valence-corrected chi connectivity index (χ2v) is 14.3. The van der Waals surface area contributed by atoms with Gasteiger partial charge in [0.15, 0.2) is 15.9 Å². The summed E-state index contributed by atoms with van der Waals surface area (Å²) in [7, 11) is -6.62. The minimum absolute atomic E-state index is 0.153. The highest BCUT2D eigenvalue weighted by Crippen LogP contribution is 2.59. The number of carbonyl (C=O) groups excluding carboxylic acids is 2. The number of hydrogen-bond donors (Lipinski definition) is 0. The molecule has 0 saturated heterocycles. The van der Waals surface area contributed by atoms with Crippen molar-refractivity contribution in [3.05, 3.63) is 19.8 Å². The first-order chi connectivity index (χ1) is 16.4. The van der Waals surface area contributed by atoms with Crippen molar-refractivity contribution in [2.24, 2.45) is 17.8 Å². The van der Waals surface area contributed by atoms with Gasteiger partial charge in [0.2, 0.25) is 0 Å². The summed E-state index contributed by atoms with van der Waals surface area (Å²) >= 11 is 8.43. The van der Waals surface area contributed by atoms with E-state index in [-0.39, 0.29) is 24.7 Å². The molecule has 2 saturated carbocycles. The van der Waals surface area contributed by atoms with Crippen molar-refractivity contribution in [3.63, 3.8) is 0 Å². The molecule has 8 nitrogen and oxygen atoms in total. The van der Waals surface area contributed by atoms with E-state index in [1.54, 1.807) is 0 Å². The largest absolute Gasteiger partial charge is 0.743 e. The van der Waals surface area contributed by atoms with Crippen LogP contribution in [-0.2, 0) is 24.4 Å². The number of rotatable bonds is 6. The Bertz CT molecular complexity index is 1260. The Morgan fingerprint density at radius 3 is 2.22 bits per heavy atom. The van der Waals surface area contributed by atoms with Crippen LogP contribution in [0.25, 0.3) is 0 Å². The summed E-state index contributed by atoms with van der Waals surface area (Å²) in [5.41, 5.74) is 0.326. The van der Waals surface area contributed by atoms with E-state index < -0.39 is 58.0 Å². The van der Waals surface area contributed by atoms with Crippen LogP contribution in [0, 0.1) is 32.0 Å². The van der Waals surface area contributed by atoms with E-state index in [2.05, 4.69) is 90.4 Å². The molecule has 1 aromatic carbocycles. The van der Waals surface area contributed by atoms with E-state index in [9.17, 15) is 40.1 Å². The molecule has 1 spiro atoms. The first-order valence-electron chi connectivity index (χ1n) is 10.1. The van der Waals surface area contributed by atoms with Crippen molar-refractivity contribution < 1.29 is 54.3 Å². The minimum Gasteiger partial charge on any atom is -0.743 e. The molecule has 36 heavy (non-hydrogen) atoms. The van der Waals surface area contributed by atoms with Crippen LogP contribution in [0.5, 0.6) is 5.75 Å². The molecule has 4 atom stereocenters. The first-order valence-corrected chi connectivity index (χ1v) is 15.8. The van der Waals surface area contributed by atoms with Crippen molar-refractivity contribution in [3.8, 4) is 5.75 Å². The molecule has 4 rings (SSSR count). The summed E-state index contributed by atoms with van der Waals surface area (Å²) in [6.45, 7) is -1.21. The Kier molecular flexibility index (Phi) is 8.07. The molecule has 0 N–H and O–H groups in total. The van der Waals surface area contributed by atoms with Gasteiger partial charge in [0.25, 0.3) is 5.79 Å². The fraction of sp³-hybridized carbons (Fsp3) is 0.579. The van der Waals surface area contributed by atoms with Gasteiger partial charge in [0, 0.05) is 23.0 Å². The van der Waals surface area contributed by atoms with Gasteiger partial charge in [-0.05, 0) is 109 Å². The highest BCUT2D eigenvalue weighted by Gasteiger charge is 2.64. The number of hydrogen-bond acceptors (Lipinski definition) is 8. The maximum absolute atomic E-state index is 13.6. The molecule has 17 heteroatoms. The average molecular weight is 985 g/mol. The number of fused-ring (bicyclic) bond motifs is 4. The molecule has 2 aliphatic carbocycles. The van der Waals surface area contributed by atoms with Crippen molar-refractivity contribution in [1.82, 2.24) is 0 Å². The maximum Gasteiger partial charge on any atom is 0.396 e. The fourth-order valence-corrected chi connectivity index (χ4v) is 8.73. The lowest BCUT2D eigenvalue weighted by molar-refractivity contribution is -0.195. The van der Waals surface area contributed by atoms with Gasteiger partial charge in [0.1, 0.15) is 5.56 Å². The number of esters is 2. The van der Waals surface area contributed by atoms with Crippen molar-refractivity contribution in [1.29, 1.82) is 0 Å². The molecule has 1 aromatic rings. The molecule has 3 aliphatic rings. The normalized spacial score (nSPS) is 27.6. The molecule has 0 aromatic heterocycles. The standard InChI is InChI=1S/C19H14F4I4O8S/c20-18(21,19(22,23)36(30,31)32)1-2-33-15(28)8-4-7-3-6(8)5-17(7)34-14-9(16(29)35-17)10(24)11(25)12(26)13(14)27/h6-8H,1-5H2,(H,30,31,32)/p-1. The van der Waals surface area contributed by atoms with E-state index >= 15 is 0 Å². The number of benzene rings is 1. The van der Waals surface area contributed by atoms with E-state index in [0.29, 0.717) is 21.3 Å². The molecule has 4 unspecified atom stereocenters. The van der Waals surface area contributed by atoms with Gasteiger partial charge in [-0.1, -0.05) is 0 Å². The van der Waals surface area contributed by atoms with Gasteiger partial charge in [-0.25, -0.2) is 13.2 Å². The van der Waals surface area contributed by atoms with Crippen LogP contribution >= 0.6 is 90.4 Å².